The van der Waals surface area contributed by atoms with E-state index in [-0.39, 0.29) is 5.91 Å². The number of hydrogen-bond acceptors (Lipinski definition) is 4. The largest absolute Gasteiger partial charge is 0.383 e. The Bertz CT molecular complexity index is 935. The molecule has 1 aliphatic rings. The van der Waals surface area contributed by atoms with Crippen LogP contribution in [0.4, 0.5) is 17.1 Å². The molecule has 5 nitrogen and oxygen atoms in total. The topological polar surface area (TPSA) is 57.3 Å². The van der Waals surface area contributed by atoms with Crippen LogP contribution in [0.5, 0.6) is 0 Å². The number of aromatic nitrogens is 1. The van der Waals surface area contributed by atoms with Crippen molar-refractivity contribution in [1.82, 2.24) is 4.98 Å². The van der Waals surface area contributed by atoms with E-state index in [4.69, 9.17) is 0 Å². The molecular formula is C24H26N4O. The number of rotatable bonds is 7. The lowest BCUT2D eigenvalue weighted by atomic mass is 10.1. The van der Waals surface area contributed by atoms with Gasteiger partial charge in [-0.05, 0) is 55.2 Å². The third kappa shape index (κ3) is 5.13. The predicted octanol–water partition coefficient (Wildman–Crippen LogP) is 4.59. The molecule has 148 valence electrons. The minimum Gasteiger partial charge on any atom is -0.383 e. The molecule has 5 heteroatoms. The molecular weight excluding hydrogens is 360 g/mol. The van der Waals surface area contributed by atoms with Gasteiger partial charge < -0.3 is 15.5 Å². The molecule has 1 aromatic heterocycles. The summed E-state index contributed by atoms with van der Waals surface area (Å²) in [5, 5.41) is 6.30. The van der Waals surface area contributed by atoms with Crippen molar-refractivity contribution in [3.05, 3.63) is 84.2 Å². The summed E-state index contributed by atoms with van der Waals surface area (Å²) in [4.78, 5) is 19.2. The lowest BCUT2D eigenvalue weighted by Gasteiger charge is -2.17. The van der Waals surface area contributed by atoms with E-state index in [2.05, 4.69) is 44.8 Å². The van der Waals surface area contributed by atoms with E-state index < -0.39 is 0 Å². The van der Waals surface area contributed by atoms with Gasteiger partial charge in [0.05, 0.1) is 11.3 Å². The molecule has 0 radical (unpaired) electrons. The molecule has 0 bridgehead atoms. The highest BCUT2D eigenvalue weighted by Crippen LogP contribution is 2.22. The molecule has 0 atom stereocenters. The number of hydrogen-bond donors (Lipinski definition) is 2. The quantitative estimate of drug-likeness (QED) is 0.624. The highest BCUT2D eigenvalue weighted by atomic mass is 16.1. The second-order valence-corrected chi connectivity index (χ2v) is 7.32. The van der Waals surface area contributed by atoms with Gasteiger partial charge in [0.1, 0.15) is 0 Å². The molecule has 1 fully saturated rings. The van der Waals surface area contributed by atoms with Crippen molar-refractivity contribution in [2.24, 2.45) is 0 Å². The summed E-state index contributed by atoms with van der Waals surface area (Å²) in [6.45, 7) is 3.01. The summed E-state index contributed by atoms with van der Waals surface area (Å²) in [5.41, 5.74) is 4.67. The molecule has 4 rings (SSSR count). The second kappa shape index (κ2) is 9.24. The van der Waals surface area contributed by atoms with Gasteiger partial charge in [0.15, 0.2) is 0 Å². The number of nitrogens with zero attached hydrogens (tertiary/aromatic N) is 2. The summed E-state index contributed by atoms with van der Waals surface area (Å²) in [6.07, 6.45) is 6.76. The number of nitrogens with one attached hydrogen (secondary N) is 2. The molecule has 1 amide bonds. The molecule has 2 heterocycles. The highest BCUT2D eigenvalue weighted by Gasteiger charge is 2.12. The van der Waals surface area contributed by atoms with Crippen LogP contribution in [-0.4, -0.2) is 30.5 Å². The van der Waals surface area contributed by atoms with Crippen LogP contribution in [0.25, 0.3) is 0 Å². The molecule has 3 aromatic rings. The van der Waals surface area contributed by atoms with E-state index in [1.807, 2.05) is 36.4 Å². The van der Waals surface area contributed by atoms with E-state index in [1.165, 1.54) is 24.1 Å². The zero-order valence-electron chi connectivity index (χ0n) is 16.5. The summed E-state index contributed by atoms with van der Waals surface area (Å²) in [6, 6.07) is 20.2. The van der Waals surface area contributed by atoms with Crippen LogP contribution in [-0.2, 0) is 6.42 Å². The Kier molecular flexibility index (Phi) is 6.05. The maximum absolute atomic E-state index is 12.6. The molecule has 1 aliphatic heterocycles. The Balaban J connectivity index is 1.33. The zero-order valence-corrected chi connectivity index (χ0v) is 16.5. The first kappa shape index (κ1) is 19.0. The number of anilines is 3. The Morgan fingerprint density at radius 2 is 1.69 bits per heavy atom. The summed E-state index contributed by atoms with van der Waals surface area (Å²) < 4.78 is 0. The molecule has 1 saturated heterocycles. The van der Waals surface area contributed by atoms with Crippen LogP contribution in [0.3, 0.4) is 0 Å². The van der Waals surface area contributed by atoms with E-state index in [1.54, 1.807) is 12.4 Å². The van der Waals surface area contributed by atoms with Crippen molar-refractivity contribution in [3.8, 4) is 0 Å². The fourth-order valence-electron chi connectivity index (χ4n) is 3.59. The number of carbonyl (C=O) groups excluding carboxylic acids is 1. The van der Waals surface area contributed by atoms with Crippen molar-refractivity contribution in [1.29, 1.82) is 0 Å². The van der Waals surface area contributed by atoms with Crippen molar-refractivity contribution < 1.29 is 4.79 Å². The first-order valence-electron chi connectivity index (χ1n) is 10.2. The minimum atomic E-state index is -0.155. The summed E-state index contributed by atoms with van der Waals surface area (Å²) in [7, 11) is 0. The number of amides is 1. The SMILES string of the molecule is O=C(Nc1ccc(N2CCCC2)cc1)c1cncc(NCCc2ccccc2)c1. The Morgan fingerprint density at radius 3 is 2.45 bits per heavy atom. The van der Waals surface area contributed by atoms with Gasteiger partial charge >= 0.3 is 0 Å². The van der Waals surface area contributed by atoms with Crippen molar-refractivity contribution in [2.45, 2.75) is 19.3 Å². The predicted molar refractivity (Wildman–Crippen MR) is 119 cm³/mol. The molecule has 2 aromatic carbocycles. The van der Waals surface area contributed by atoms with E-state index in [9.17, 15) is 4.79 Å². The average Bonchev–Trinajstić information content (AvgIpc) is 3.30. The highest BCUT2D eigenvalue weighted by molar-refractivity contribution is 6.04. The molecule has 0 unspecified atom stereocenters. The average molecular weight is 386 g/mol. The monoisotopic (exact) mass is 386 g/mol. The maximum Gasteiger partial charge on any atom is 0.257 e. The van der Waals surface area contributed by atoms with Gasteiger partial charge in [0, 0.05) is 43.4 Å². The van der Waals surface area contributed by atoms with Gasteiger partial charge in [0.25, 0.3) is 5.91 Å². The zero-order chi connectivity index (χ0) is 19.9. The standard InChI is InChI=1S/C24H26N4O/c29-24(27-21-8-10-23(11-9-21)28-14-4-5-15-28)20-16-22(18-25-17-20)26-13-12-19-6-2-1-3-7-19/h1-3,6-11,16-18,26H,4-5,12-15H2,(H,27,29). The third-order valence-corrected chi connectivity index (χ3v) is 5.18. The number of carbonyl (C=O) groups is 1. The van der Waals surface area contributed by atoms with E-state index in [0.29, 0.717) is 5.56 Å². The van der Waals surface area contributed by atoms with Crippen molar-refractivity contribution >= 4 is 23.0 Å². The van der Waals surface area contributed by atoms with Crippen LogP contribution < -0.4 is 15.5 Å². The molecule has 0 spiro atoms. The fourth-order valence-corrected chi connectivity index (χ4v) is 3.59. The van der Waals surface area contributed by atoms with Gasteiger partial charge in [-0.25, -0.2) is 0 Å². The van der Waals surface area contributed by atoms with Gasteiger partial charge in [-0.1, -0.05) is 30.3 Å². The maximum atomic E-state index is 12.6. The second-order valence-electron chi connectivity index (χ2n) is 7.32. The Morgan fingerprint density at radius 1 is 0.931 bits per heavy atom. The summed E-state index contributed by atoms with van der Waals surface area (Å²) in [5.74, 6) is -0.155. The molecule has 0 saturated carbocycles. The van der Waals surface area contributed by atoms with Gasteiger partial charge in [0.2, 0.25) is 0 Å². The van der Waals surface area contributed by atoms with Crippen LogP contribution in [0.2, 0.25) is 0 Å². The molecule has 2 N–H and O–H groups in total. The third-order valence-electron chi connectivity index (χ3n) is 5.18. The summed E-state index contributed by atoms with van der Waals surface area (Å²) >= 11 is 0. The van der Waals surface area contributed by atoms with Crippen LogP contribution >= 0.6 is 0 Å². The van der Waals surface area contributed by atoms with Gasteiger partial charge in [-0.3, -0.25) is 9.78 Å². The van der Waals surface area contributed by atoms with Gasteiger partial charge in [-0.15, -0.1) is 0 Å². The lowest BCUT2D eigenvalue weighted by molar-refractivity contribution is 0.102. The first-order valence-corrected chi connectivity index (χ1v) is 10.2. The van der Waals surface area contributed by atoms with Crippen LogP contribution in [0.15, 0.2) is 73.1 Å². The normalized spacial score (nSPS) is 13.3. The van der Waals surface area contributed by atoms with Crippen molar-refractivity contribution in [3.63, 3.8) is 0 Å². The molecule has 29 heavy (non-hydrogen) atoms. The number of pyridine rings is 1. The Labute approximate surface area is 171 Å². The fraction of sp³-hybridized carbons (Fsp3) is 0.250. The lowest BCUT2D eigenvalue weighted by Crippen LogP contribution is -2.17. The van der Waals surface area contributed by atoms with Crippen LogP contribution in [0, 0.1) is 0 Å². The Hall–Kier alpha value is -3.34. The van der Waals surface area contributed by atoms with Crippen LogP contribution in [0.1, 0.15) is 28.8 Å². The number of benzene rings is 2. The van der Waals surface area contributed by atoms with E-state index in [0.717, 1.165) is 37.4 Å². The smallest absolute Gasteiger partial charge is 0.257 e. The van der Waals surface area contributed by atoms with E-state index >= 15 is 0 Å². The van der Waals surface area contributed by atoms with Gasteiger partial charge in [-0.2, -0.15) is 0 Å². The van der Waals surface area contributed by atoms with Crippen molar-refractivity contribution in [2.75, 3.05) is 35.2 Å². The minimum absolute atomic E-state index is 0.155. The first-order chi connectivity index (χ1) is 14.3. The molecule has 0 aliphatic carbocycles.